The number of benzene rings is 3. The van der Waals surface area contributed by atoms with Crippen LogP contribution in [0, 0.1) is 5.82 Å². The van der Waals surface area contributed by atoms with Crippen molar-refractivity contribution in [1.82, 2.24) is 0 Å². The lowest BCUT2D eigenvalue weighted by molar-refractivity contribution is -0.0436. The molecule has 0 atom stereocenters. The number of amides is 1. The predicted molar refractivity (Wildman–Crippen MR) is 104 cm³/mol. The molecule has 30 heavy (non-hydrogen) atoms. The summed E-state index contributed by atoms with van der Waals surface area (Å²) in [4.78, 5) is 11.5. The zero-order valence-electron chi connectivity index (χ0n) is 15.1. The number of anilines is 2. The summed E-state index contributed by atoms with van der Waals surface area (Å²) in [7, 11) is -5.50. The van der Waals surface area contributed by atoms with Crippen molar-refractivity contribution < 1.29 is 30.8 Å². The van der Waals surface area contributed by atoms with Gasteiger partial charge in [0.1, 0.15) is 5.82 Å². The van der Waals surface area contributed by atoms with E-state index in [2.05, 4.69) is 5.32 Å². The van der Waals surface area contributed by atoms with Crippen LogP contribution >= 0.6 is 0 Å². The quantitative estimate of drug-likeness (QED) is 0.460. The first-order valence-corrected chi connectivity index (χ1v) is 9.85. The number of rotatable bonds is 4. The minimum atomic E-state index is -5.50. The number of hydrogen-bond donors (Lipinski definition) is 2. The van der Waals surface area contributed by atoms with Crippen molar-refractivity contribution in [3.05, 3.63) is 78.1 Å². The average Bonchev–Trinajstić information content (AvgIpc) is 2.69. The summed E-state index contributed by atoms with van der Waals surface area (Å²) in [6.07, 6.45) is 0. The maximum atomic E-state index is 13.1. The van der Waals surface area contributed by atoms with E-state index in [0.29, 0.717) is 23.3 Å². The number of carbonyl (C=O) groups excluding carboxylic acids is 1. The van der Waals surface area contributed by atoms with Crippen LogP contribution in [0.25, 0.3) is 11.1 Å². The van der Waals surface area contributed by atoms with Crippen LogP contribution < -0.4 is 11.1 Å². The highest BCUT2D eigenvalue weighted by molar-refractivity contribution is 7.92. The van der Waals surface area contributed by atoms with E-state index in [1.165, 1.54) is 18.2 Å². The highest BCUT2D eigenvalue weighted by Gasteiger charge is 2.46. The normalized spacial score (nSPS) is 11.9. The van der Waals surface area contributed by atoms with Gasteiger partial charge in [-0.05, 0) is 59.7 Å². The second-order valence-electron chi connectivity index (χ2n) is 6.24. The van der Waals surface area contributed by atoms with Crippen molar-refractivity contribution in [2.75, 3.05) is 11.1 Å². The van der Waals surface area contributed by atoms with Crippen molar-refractivity contribution in [3.8, 4) is 11.1 Å². The molecule has 3 aromatic carbocycles. The molecule has 0 bridgehead atoms. The third kappa shape index (κ3) is 4.28. The average molecular weight is 438 g/mol. The van der Waals surface area contributed by atoms with Gasteiger partial charge in [0.15, 0.2) is 0 Å². The number of nitrogens with two attached hydrogens (primary N) is 1. The van der Waals surface area contributed by atoms with Crippen LogP contribution in [0.4, 0.5) is 28.9 Å². The van der Waals surface area contributed by atoms with Crippen molar-refractivity contribution in [2.24, 2.45) is 0 Å². The van der Waals surface area contributed by atoms with Crippen LogP contribution in [0.2, 0.25) is 0 Å². The van der Waals surface area contributed by atoms with E-state index in [0.717, 1.165) is 12.1 Å². The molecule has 0 saturated carbocycles. The maximum Gasteiger partial charge on any atom is 0.501 e. The van der Waals surface area contributed by atoms with E-state index < -0.39 is 32.0 Å². The van der Waals surface area contributed by atoms with Gasteiger partial charge >= 0.3 is 5.51 Å². The molecule has 0 spiro atoms. The molecule has 3 rings (SSSR count). The van der Waals surface area contributed by atoms with Gasteiger partial charge in [-0.15, -0.1) is 0 Å². The van der Waals surface area contributed by atoms with Gasteiger partial charge in [0.2, 0.25) is 0 Å². The molecular formula is C20H14F4N2O3S. The van der Waals surface area contributed by atoms with Gasteiger partial charge in [0.25, 0.3) is 15.7 Å². The zero-order valence-corrected chi connectivity index (χ0v) is 15.9. The molecule has 1 amide bonds. The van der Waals surface area contributed by atoms with Crippen LogP contribution in [0.1, 0.15) is 10.4 Å². The molecule has 0 aliphatic heterocycles. The Morgan fingerprint density at radius 2 is 1.43 bits per heavy atom. The lowest BCUT2D eigenvalue weighted by Gasteiger charge is -2.12. The molecule has 0 aromatic heterocycles. The number of hydrogen-bond acceptors (Lipinski definition) is 4. The Morgan fingerprint density at radius 3 is 2.00 bits per heavy atom. The minimum Gasteiger partial charge on any atom is -0.397 e. The molecule has 0 fully saturated rings. The largest absolute Gasteiger partial charge is 0.501 e. The van der Waals surface area contributed by atoms with E-state index >= 15 is 0 Å². The van der Waals surface area contributed by atoms with Gasteiger partial charge < -0.3 is 11.1 Å². The van der Waals surface area contributed by atoms with Gasteiger partial charge in [0.05, 0.1) is 16.3 Å². The summed E-state index contributed by atoms with van der Waals surface area (Å²) < 4.78 is 73.7. The van der Waals surface area contributed by atoms with Crippen LogP contribution in [-0.4, -0.2) is 19.8 Å². The first-order chi connectivity index (χ1) is 14.0. The summed E-state index contributed by atoms with van der Waals surface area (Å²) in [5.74, 6) is -1.10. The number of halogens is 4. The van der Waals surface area contributed by atoms with Crippen LogP contribution in [0.5, 0.6) is 0 Å². The third-order valence-corrected chi connectivity index (χ3v) is 5.71. The van der Waals surface area contributed by atoms with Gasteiger partial charge in [-0.3, -0.25) is 4.79 Å². The molecule has 0 unspecified atom stereocenters. The lowest BCUT2D eigenvalue weighted by atomic mass is 10.0. The lowest BCUT2D eigenvalue weighted by Crippen LogP contribution is -2.23. The number of alkyl halides is 3. The second-order valence-corrected chi connectivity index (χ2v) is 8.18. The van der Waals surface area contributed by atoms with Crippen molar-refractivity contribution in [3.63, 3.8) is 0 Å². The molecule has 3 N–H and O–H groups in total. The molecule has 10 heteroatoms. The Bertz CT molecular complexity index is 1190. The molecule has 5 nitrogen and oxygen atoms in total. The molecule has 0 heterocycles. The summed E-state index contributed by atoms with van der Waals surface area (Å²) in [5, 5.41) is 2.53. The van der Waals surface area contributed by atoms with Crippen molar-refractivity contribution >= 4 is 27.1 Å². The first-order valence-electron chi connectivity index (χ1n) is 8.37. The number of nitrogens with one attached hydrogen (secondary N) is 1. The van der Waals surface area contributed by atoms with Gasteiger partial charge in [-0.2, -0.15) is 13.2 Å². The molecule has 3 aromatic rings. The second kappa shape index (κ2) is 7.79. The Hall–Kier alpha value is -3.40. The summed E-state index contributed by atoms with van der Waals surface area (Å²) in [5.41, 5.74) is 2.14. The third-order valence-electron chi connectivity index (χ3n) is 4.21. The van der Waals surface area contributed by atoms with Crippen molar-refractivity contribution in [2.45, 2.75) is 10.4 Å². The molecule has 0 saturated heterocycles. The van der Waals surface area contributed by atoms with Crippen molar-refractivity contribution in [1.29, 1.82) is 0 Å². The zero-order chi connectivity index (χ0) is 22.1. The molecule has 156 valence electrons. The highest BCUT2D eigenvalue weighted by atomic mass is 32.2. The summed E-state index contributed by atoms with van der Waals surface area (Å²) in [6.45, 7) is 0. The van der Waals surface area contributed by atoms with Crippen LogP contribution in [0.3, 0.4) is 0 Å². The topological polar surface area (TPSA) is 89.3 Å². The molecule has 0 radical (unpaired) electrons. The van der Waals surface area contributed by atoms with E-state index in [1.54, 1.807) is 24.3 Å². The van der Waals surface area contributed by atoms with E-state index in [9.17, 15) is 30.8 Å². The Kier molecular flexibility index (Phi) is 5.53. The number of nitrogen functional groups attached to an aromatic ring is 1. The Labute approximate surface area is 169 Å². The summed E-state index contributed by atoms with van der Waals surface area (Å²) >= 11 is 0. The SMILES string of the molecule is Nc1ccc(-c2ccc(F)cc2)cc1NC(=O)c1ccc(S(=O)(=O)C(F)(F)F)cc1. The summed E-state index contributed by atoms with van der Waals surface area (Å²) in [6, 6.07) is 13.8. The Morgan fingerprint density at radius 1 is 0.867 bits per heavy atom. The van der Waals surface area contributed by atoms with E-state index in [1.807, 2.05) is 0 Å². The van der Waals surface area contributed by atoms with E-state index in [-0.39, 0.29) is 16.9 Å². The van der Waals surface area contributed by atoms with Crippen LogP contribution in [0.15, 0.2) is 71.6 Å². The van der Waals surface area contributed by atoms with Gasteiger partial charge in [-0.25, -0.2) is 12.8 Å². The first kappa shape index (κ1) is 21.3. The van der Waals surface area contributed by atoms with Gasteiger partial charge in [0, 0.05) is 5.56 Å². The smallest absolute Gasteiger partial charge is 0.397 e. The monoisotopic (exact) mass is 438 g/mol. The molecule has 0 aliphatic rings. The maximum absolute atomic E-state index is 13.1. The standard InChI is InChI=1S/C20H14F4N2O3S/c21-15-6-1-12(2-7-15)14-5-10-17(25)18(11-14)26-19(27)13-3-8-16(9-4-13)30(28,29)20(22,23)24/h1-11H,25H2,(H,26,27). The predicted octanol–water partition coefficient (Wildman–Crippen LogP) is 4.62. The minimum absolute atomic E-state index is 0.0669. The fourth-order valence-corrected chi connectivity index (χ4v) is 3.36. The number of carbonyl (C=O) groups is 1. The van der Waals surface area contributed by atoms with Gasteiger partial charge in [-0.1, -0.05) is 18.2 Å². The highest BCUT2D eigenvalue weighted by Crippen LogP contribution is 2.31. The fourth-order valence-electron chi connectivity index (χ4n) is 2.60. The molecular weight excluding hydrogens is 424 g/mol. The van der Waals surface area contributed by atoms with E-state index in [4.69, 9.17) is 5.73 Å². The number of sulfone groups is 1. The Balaban J connectivity index is 1.84. The fraction of sp³-hybridized carbons (Fsp3) is 0.0500. The van der Waals surface area contributed by atoms with Crippen LogP contribution in [-0.2, 0) is 9.84 Å². The molecule has 0 aliphatic carbocycles.